The third-order valence-electron chi connectivity index (χ3n) is 4.12. The summed E-state index contributed by atoms with van der Waals surface area (Å²) in [5.74, 6) is 0. The van der Waals surface area contributed by atoms with E-state index in [9.17, 15) is 5.26 Å². The van der Waals surface area contributed by atoms with Crippen LogP contribution in [0.1, 0.15) is 61.8 Å². The van der Waals surface area contributed by atoms with Crippen molar-refractivity contribution < 1.29 is 0 Å². The van der Waals surface area contributed by atoms with Crippen molar-refractivity contribution in [2.24, 2.45) is 5.41 Å². The fraction of sp³-hybridized carbons (Fsp3) is 0.938. The molecule has 0 fully saturated rings. The van der Waals surface area contributed by atoms with Crippen LogP contribution in [0, 0.1) is 16.7 Å². The molecule has 0 aromatic heterocycles. The standard InChI is InChI=1S/C16H33N3/c1-12(2)18-16(8,11-17)10-13(3)19(9)14(4)15(5,6)7/h12-14,18H,10H2,1-9H3. The van der Waals surface area contributed by atoms with Crippen molar-refractivity contribution in [2.75, 3.05) is 7.05 Å². The molecule has 0 aliphatic rings. The van der Waals surface area contributed by atoms with Crippen LogP contribution in [-0.4, -0.2) is 35.6 Å². The Morgan fingerprint density at radius 1 is 1.11 bits per heavy atom. The maximum Gasteiger partial charge on any atom is 0.105 e. The Morgan fingerprint density at radius 2 is 1.58 bits per heavy atom. The molecule has 3 unspecified atom stereocenters. The smallest absolute Gasteiger partial charge is 0.105 e. The molecule has 3 heteroatoms. The Balaban J connectivity index is 4.76. The van der Waals surface area contributed by atoms with Gasteiger partial charge in [-0.15, -0.1) is 0 Å². The van der Waals surface area contributed by atoms with Crippen LogP contribution in [0.25, 0.3) is 0 Å². The average Bonchev–Trinajstić information content (AvgIpc) is 2.24. The van der Waals surface area contributed by atoms with Gasteiger partial charge >= 0.3 is 0 Å². The third kappa shape index (κ3) is 5.93. The summed E-state index contributed by atoms with van der Waals surface area (Å²) in [5.41, 5.74) is -0.211. The number of hydrogen-bond donors (Lipinski definition) is 1. The molecule has 0 heterocycles. The van der Waals surface area contributed by atoms with Crippen LogP contribution in [-0.2, 0) is 0 Å². The maximum absolute atomic E-state index is 9.43. The summed E-state index contributed by atoms with van der Waals surface area (Å²) in [4.78, 5) is 2.39. The molecule has 3 nitrogen and oxygen atoms in total. The molecule has 1 N–H and O–H groups in total. The molecule has 0 aromatic rings. The molecule has 0 aliphatic heterocycles. The Bertz CT molecular complexity index is 311. The quantitative estimate of drug-likeness (QED) is 0.801. The second-order valence-electron chi connectivity index (χ2n) is 7.50. The van der Waals surface area contributed by atoms with Crippen LogP contribution in [0.15, 0.2) is 0 Å². The van der Waals surface area contributed by atoms with Crippen molar-refractivity contribution in [1.82, 2.24) is 10.2 Å². The van der Waals surface area contributed by atoms with E-state index in [1.165, 1.54) is 0 Å². The van der Waals surface area contributed by atoms with Crippen molar-refractivity contribution >= 4 is 0 Å². The van der Waals surface area contributed by atoms with Crippen molar-refractivity contribution in [1.29, 1.82) is 5.26 Å². The van der Waals surface area contributed by atoms with E-state index in [1.807, 2.05) is 6.92 Å². The first kappa shape index (κ1) is 18.4. The first-order valence-corrected chi connectivity index (χ1v) is 7.34. The van der Waals surface area contributed by atoms with Crippen LogP contribution in [0.2, 0.25) is 0 Å². The lowest BCUT2D eigenvalue weighted by atomic mass is 9.85. The van der Waals surface area contributed by atoms with E-state index in [0.717, 1.165) is 6.42 Å². The highest BCUT2D eigenvalue weighted by molar-refractivity contribution is 5.06. The fourth-order valence-electron chi connectivity index (χ4n) is 2.50. The highest BCUT2D eigenvalue weighted by atomic mass is 15.2. The minimum atomic E-state index is -0.459. The Hall–Kier alpha value is -0.590. The van der Waals surface area contributed by atoms with Gasteiger partial charge < -0.3 is 4.90 Å². The third-order valence-corrected chi connectivity index (χ3v) is 4.12. The molecular weight excluding hydrogens is 234 g/mol. The van der Waals surface area contributed by atoms with Gasteiger partial charge in [0.2, 0.25) is 0 Å². The van der Waals surface area contributed by atoms with Gasteiger partial charge in [0.1, 0.15) is 5.54 Å². The molecule has 0 saturated heterocycles. The zero-order valence-electron chi connectivity index (χ0n) is 14.3. The van der Waals surface area contributed by atoms with Crippen LogP contribution >= 0.6 is 0 Å². The number of rotatable bonds is 6. The molecule has 0 bridgehead atoms. The van der Waals surface area contributed by atoms with Crippen molar-refractivity contribution in [3.63, 3.8) is 0 Å². The Morgan fingerprint density at radius 3 is 1.89 bits per heavy atom. The topological polar surface area (TPSA) is 39.1 Å². The molecule has 112 valence electrons. The van der Waals surface area contributed by atoms with Crippen LogP contribution in [0.5, 0.6) is 0 Å². The number of nitrogens with zero attached hydrogens (tertiary/aromatic N) is 2. The molecule has 0 aromatic carbocycles. The van der Waals surface area contributed by atoms with Gasteiger partial charge in [-0.05, 0) is 53.5 Å². The van der Waals surface area contributed by atoms with E-state index in [4.69, 9.17) is 0 Å². The predicted molar refractivity (Wildman–Crippen MR) is 83.0 cm³/mol. The summed E-state index contributed by atoms with van der Waals surface area (Å²) in [6, 6.07) is 3.60. The van der Waals surface area contributed by atoms with E-state index in [-0.39, 0.29) is 5.41 Å². The first-order valence-electron chi connectivity index (χ1n) is 7.34. The molecule has 0 spiro atoms. The van der Waals surface area contributed by atoms with Crippen molar-refractivity contribution in [3.05, 3.63) is 0 Å². The highest BCUT2D eigenvalue weighted by Gasteiger charge is 2.32. The van der Waals surface area contributed by atoms with Crippen LogP contribution in [0.4, 0.5) is 0 Å². The lowest BCUT2D eigenvalue weighted by Gasteiger charge is -2.41. The molecule has 0 rings (SSSR count). The summed E-state index contributed by atoms with van der Waals surface area (Å²) in [7, 11) is 2.16. The number of nitriles is 1. The number of hydrogen-bond acceptors (Lipinski definition) is 3. The van der Waals surface area contributed by atoms with Crippen LogP contribution < -0.4 is 5.32 Å². The molecule has 0 radical (unpaired) electrons. The maximum atomic E-state index is 9.43. The minimum absolute atomic E-state index is 0.248. The SMILES string of the molecule is CC(C)NC(C)(C#N)CC(C)N(C)C(C)C(C)(C)C. The van der Waals surface area contributed by atoms with E-state index in [2.05, 4.69) is 71.8 Å². The molecule has 0 amide bonds. The Kier molecular flexibility index (Phi) is 6.51. The van der Waals surface area contributed by atoms with E-state index >= 15 is 0 Å². The van der Waals surface area contributed by atoms with Gasteiger partial charge in [-0.25, -0.2) is 0 Å². The van der Waals surface area contributed by atoms with E-state index < -0.39 is 5.54 Å². The summed E-state index contributed by atoms with van der Waals surface area (Å²) in [6.07, 6.45) is 0.832. The Labute approximate surface area is 120 Å². The van der Waals surface area contributed by atoms with E-state index in [1.54, 1.807) is 0 Å². The molecule has 0 aliphatic carbocycles. The summed E-state index contributed by atoms with van der Waals surface area (Å²) in [6.45, 7) is 17.4. The minimum Gasteiger partial charge on any atom is -0.300 e. The number of nitrogens with one attached hydrogen (secondary N) is 1. The monoisotopic (exact) mass is 267 g/mol. The second kappa shape index (κ2) is 6.72. The summed E-state index contributed by atoms with van der Waals surface area (Å²) >= 11 is 0. The van der Waals surface area contributed by atoms with E-state index in [0.29, 0.717) is 18.1 Å². The van der Waals surface area contributed by atoms with Gasteiger partial charge in [-0.2, -0.15) is 5.26 Å². The predicted octanol–water partition coefficient (Wildman–Crippen LogP) is 3.41. The average molecular weight is 267 g/mol. The highest BCUT2D eigenvalue weighted by Crippen LogP contribution is 2.26. The zero-order chi connectivity index (χ0) is 15.4. The van der Waals surface area contributed by atoms with Crippen molar-refractivity contribution in [2.45, 2.75) is 85.5 Å². The van der Waals surface area contributed by atoms with Gasteiger partial charge in [0.05, 0.1) is 6.07 Å². The fourth-order valence-corrected chi connectivity index (χ4v) is 2.50. The second-order valence-corrected chi connectivity index (χ2v) is 7.50. The normalized spacial score (nSPS) is 19.1. The molecule has 0 saturated carbocycles. The summed E-state index contributed by atoms with van der Waals surface area (Å²) in [5, 5.41) is 12.8. The van der Waals surface area contributed by atoms with Crippen LogP contribution in [0.3, 0.4) is 0 Å². The summed E-state index contributed by atoms with van der Waals surface area (Å²) < 4.78 is 0. The van der Waals surface area contributed by atoms with Gasteiger partial charge in [-0.3, -0.25) is 5.32 Å². The van der Waals surface area contributed by atoms with Gasteiger partial charge in [0.15, 0.2) is 0 Å². The lowest BCUT2D eigenvalue weighted by molar-refractivity contribution is 0.0901. The zero-order valence-corrected chi connectivity index (χ0v) is 14.3. The van der Waals surface area contributed by atoms with Gasteiger partial charge in [0, 0.05) is 18.1 Å². The molecule has 3 atom stereocenters. The van der Waals surface area contributed by atoms with Crippen molar-refractivity contribution in [3.8, 4) is 6.07 Å². The largest absolute Gasteiger partial charge is 0.300 e. The van der Waals surface area contributed by atoms with Gasteiger partial charge in [0.25, 0.3) is 0 Å². The molecule has 19 heavy (non-hydrogen) atoms. The molecular formula is C16H33N3. The lowest BCUT2D eigenvalue weighted by Crippen LogP contribution is -2.52. The van der Waals surface area contributed by atoms with Gasteiger partial charge in [-0.1, -0.05) is 20.8 Å². The first-order chi connectivity index (χ1) is 8.43.